The number of carbonyl (C=O) groups is 2. The maximum absolute atomic E-state index is 12.9. The molecule has 0 aliphatic heterocycles. The Morgan fingerprint density at radius 1 is 1.00 bits per heavy atom. The van der Waals surface area contributed by atoms with Crippen LogP contribution in [-0.2, 0) is 21.4 Å². The highest BCUT2D eigenvalue weighted by molar-refractivity contribution is 7.99. The van der Waals surface area contributed by atoms with Gasteiger partial charge in [-0.1, -0.05) is 23.9 Å². The molecule has 0 saturated heterocycles. The number of nitrogens with zero attached hydrogens (tertiary/aromatic N) is 4. The van der Waals surface area contributed by atoms with E-state index in [0.29, 0.717) is 28.0 Å². The van der Waals surface area contributed by atoms with Crippen LogP contribution in [0.4, 0.5) is 5.69 Å². The van der Waals surface area contributed by atoms with Crippen LogP contribution in [-0.4, -0.2) is 66.3 Å². The molecule has 0 unspecified atom stereocenters. The number of anilines is 1. The van der Waals surface area contributed by atoms with Gasteiger partial charge in [0.05, 0.1) is 24.3 Å². The van der Waals surface area contributed by atoms with Crippen molar-refractivity contribution in [2.24, 2.45) is 0 Å². The van der Waals surface area contributed by atoms with Crippen LogP contribution in [0.3, 0.4) is 0 Å². The molecule has 0 aliphatic carbocycles. The van der Waals surface area contributed by atoms with Gasteiger partial charge in [0.15, 0.2) is 11.0 Å². The Bertz CT molecular complexity index is 1640. The van der Waals surface area contributed by atoms with Gasteiger partial charge in [-0.2, -0.15) is 0 Å². The number of carbonyl (C=O) groups excluding carboxylic acids is 2. The molecule has 4 rings (SSSR count). The lowest BCUT2D eigenvalue weighted by atomic mass is 10.2. The van der Waals surface area contributed by atoms with E-state index in [9.17, 15) is 18.0 Å². The molecule has 0 spiro atoms. The predicted molar refractivity (Wildman–Crippen MR) is 157 cm³/mol. The van der Waals surface area contributed by atoms with Crippen LogP contribution in [0.2, 0.25) is 0 Å². The number of amides is 2. The number of hydrogen-bond donors (Lipinski definition) is 2. The molecule has 1 heterocycles. The second kappa shape index (κ2) is 13.0. The van der Waals surface area contributed by atoms with Crippen LogP contribution >= 0.6 is 11.8 Å². The number of rotatable bonds is 11. The molecule has 13 heteroatoms. The highest BCUT2D eigenvalue weighted by Gasteiger charge is 2.19. The molecular weight excluding hydrogens is 564 g/mol. The minimum Gasteiger partial charge on any atom is -0.497 e. The summed E-state index contributed by atoms with van der Waals surface area (Å²) in [4.78, 5) is 25.6. The fourth-order valence-corrected chi connectivity index (χ4v) is 5.46. The summed E-state index contributed by atoms with van der Waals surface area (Å²) < 4.78 is 32.7. The van der Waals surface area contributed by atoms with Crippen molar-refractivity contribution in [1.82, 2.24) is 24.4 Å². The quantitative estimate of drug-likeness (QED) is 0.252. The fraction of sp³-hybridized carbons (Fsp3) is 0.214. The first-order valence-corrected chi connectivity index (χ1v) is 14.9. The van der Waals surface area contributed by atoms with Crippen LogP contribution in [0.25, 0.3) is 5.69 Å². The number of benzene rings is 3. The average Bonchev–Trinajstić information content (AvgIpc) is 3.38. The van der Waals surface area contributed by atoms with Crippen molar-refractivity contribution in [3.05, 3.63) is 89.7 Å². The first-order chi connectivity index (χ1) is 19.6. The molecule has 0 fully saturated rings. The Labute approximate surface area is 243 Å². The molecule has 2 amide bonds. The van der Waals surface area contributed by atoms with Gasteiger partial charge in [-0.05, 0) is 73.2 Å². The van der Waals surface area contributed by atoms with Gasteiger partial charge in [-0.3, -0.25) is 14.2 Å². The molecule has 0 aliphatic rings. The van der Waals surface area contributed by atoms with Gasteiger partial charge in [0.25, 0.3) is 5.91 Å². The van der Waals surface area contributed by atoms with Gasteiger partial charge < -0.3 is 15.4 Å². The molecule has 0 radical (unpaired) electrons. The Hall–Kier alpha value is -4.20. The number of methoxy groups -OCH3 is 1. The van der Waals surface area contributed by atoms with Crippen molar-refractivity contribution >= 4 is 39.3 Å². The smallest absolute Gasteiger partial charge is 0.251 e. The van der Waals surface area contributed by atoms with Gasteiger partial charge in [0.2, 0.25) is 15.9 Å². The van der Waals surface area contributed by atoms with Crippen molar-refractivity contribution in [3.63, 3.8) is 0 Å². The molecule has 2 N–H and O–H groups in total. The SMILES string of the molecule is COc1ccc(NC(=O)CSc2nnc(CNC(=O)c3ccc(S(=O)(=O)N(C)C)cc3)n2-c2cccc(C)c2)cc1. The summed E-state index contributed by atoms with van der Waals surface area (Å²) in [6.07, 6.45) is 0. The summed E-state index contributed by atoms with van der Waals surface area (Å²) in [7, 11) is 0.865. The standard InChI is InChI=1S/C28H30N6O5S2/c1-19-6-5-7-22(16-19)34-25(17-29-27(36)20-8-14-24(15-9-20)41(37,38)33(2)3)31-32-28(34)40-18-26(35)30-21-10-12-23(39-4)13-11-21/h5-16H,17-18H2,1-4H3,(H,29,36)(H,30,35). The molecular formula is C28H30N6O5S2. The summed E-state index contributed by atoms with van der Waals surface area (Å²) in [6.45, 7) is 2.01. The number of sulfonamides is 1. The highest BCUT2D eigenvalue weighted by atomic mass is 32.2. The van der Waals surface area contributed by atoms with Gasteiger partial charge in [0.1, 0.15) is 5.75 Å². The molecule has 3 aromatic carbocycles. The summed E-state index contributed by atoms with van der Waals surface area (Å²) in [5.41, 5.74) is 2.75. The molecule has 0 bridgehead atoms. The van der Waals surface area contributed by atoms with Crippen molar-refractivity contribution in [2.45, 2.75) is 23.5 Å². The highest BCUT2D eigenvalue weighted by Crippen LogP contribution is 2.24. The normalized spacial score (nSPS) is 11.3. The lowest BCUT2D eigenvalue weighted by molar-refractivity contribution is -0.113. The van der Waals surface area contributed by atoms with Crippen LogP contribution in [0.15, 0.2) is 82.8 Å². The van der Waals surface area contributed by atoms with Crippen molar-refractivity contribution in [1.29, 1.82) is 0 Å². The lowest BCUT2D eigenvalue weighted by Crippen LogP contribution is -2.25. The van der Waals surface area contributed by atoms with E-state index < -0.39 is 15.9 Å². The van der Waals surface area contributed by atoms with Crippen molar-refractivity contribution in [2.75, 3.05) is 32.3 Å². The van der Waals surface area contributed by atoms with Crippen molar-refractivity contribution in [3.8, 4) is 11.4 Å². The van der Waals surface area contributed by atoms with Gasteiger partial charge >= 0.3 is 0 Å². The monoisotopic (exact) mass is 594 g/mol. The Balaban J connectivity index is 1.48. The van der Waals surface area contributed by atoms with Crippen LogP contribution < -0.4 is 15.4 Å². The van der Waals surface area contributed by atoms with E-state index >= 15 is 0 Å². The van der Waals surface area contributed by atoms with Gasteiger partial charge in [-0.25, -0.2) is 12.7 Å². The maximum atomic E-state index is 12.9. The Morgan fingerprint density at radius 3 is 2.34 bits per heavy atom. The van der Waals surface area contributed by atoms with Gasteiger partial charge in [-0.15, -0.1) is 10.2 Å². The number of hydrogen-bond acceptors (Lipinski definition) is 8. The first-order valence-electron chi connectivity index (χ1n) is 12.5. The Morgan fingerprint density at radius 2 is 1.71 bits per heavy atom. The largest absolute Gasteiger partial charge is 0.497 e. The van der Waals surface area contributed by atoms with E-state index in [2.05, 4.69) is 20.8 Å². The minimum atomic E-state index is -3.60. The zero-order valence-corrected chi connectivity index (χ0v) is 24.6. The zero-order chi connectivity index (χ0) is 29.6. The average molecular weight is 595 g/mol. The maximum Gasteiger partial charge on any atom is 0.251 e. The van der Waals surface area contributed by atoms with E-state index in [-0.39, 0.29) is 23.1 Å². The van der Waals surface area contributed by atoms with Crippen molar-refractivity contribution < 1.29 is 22.7 Å². The summed E-state index contributed by atoms with van der Waals surface area (Å²) >= 11 is 1.22. The molecule has 0 atom stereocenters. The van der Waals surface area contributed by atoms with Gasteiger partial charge in [0, 0.05) is 31.0 Å². The fourth-order valence-electron chi connectivity index (χ4n) is 3.79. The van der Waals surface area contributed by atoms with Crippen LogP contribution in [0, 0.1) is 6.92 Å². The first kappa shape index (κ1) is 29.8. The molecule has 41 heavy (non-hydrogen) atoms. The second-order valence-electron chi connectivity index (χ2n) is 9.13. The molecule has 214 valence electrons. The number of aromatic nitrogens is 3. The lowest BCUT2D eigenvalue weighted by Gasteiger charge is -2.13. The number of thioether (sulfide) groups is 1. The van der Waals surface area contributed by atoms with E-state index in [0.717, 1.165) is 15.6 Å². The zero-order valence-electron chi connectivity index (χ0n) is 23.0. The topological polar surface area (TPSA) is 136 Å². The van der Waals surface area contributed by atoms with Crippen LogP contribution in [0.1, 0.15) is 21.7 Å². The summed E-state index contributed by atoms with van der Waals surface area (Å²) in [5, 5.41) is 14.7. The third-order valence-corrected chi connectivity index (χ3v) is 8.73. The van der Waals surface area contributed by atoms with Crippen LogP contribution in [0.5, 0.6) is 5.75 Å². The van der Waals surface area contributed by atoms with E-state index in [4.69, 9.17) is 4.74 Å². The third kappa shape index (κ3) is 7.31. The molecule has 4 aromatic rings. The summed E-state index contributed by atoms with van der Waals surface area (Å²) in [6, 6.07) is 20.5. The Kier molecular flexibility index (Phi) is 9.42. The molecule has 11 nitrogen and oxygen atoms in total. The number of aryl methyl sites for hydroxylation is 1. The number of ether oxygens (including phenoxy) is 1. The van der Waals surface area contributed by atoms with E-state index in [1.807, 2.05) is 31.2 Å². The minimum absolute atomic E-state index is 0.0517. The number of nitrogens with one attached hydrogen (secondary N) is 2. The second-order valence-corrected chi connectivity index (χ2v) is 12.2. The molecule has 1 aromatic heterocycles. The predicted octanol–water partition coefficient (Wildman–Crippen LogP) is 3.50. The third-order valence-electron chi connectivity index (χ3n) is 5.97. The van der Waals surface area contributed by atoms with E-state index in [1.54, 1.807) is 35.9 Å². The summed E-state index contributed by atoms with van der Waals surface area (Å²) in [5.74, 6) is 0.635. The van der Waals surface area contributed by atoms with E-state index in [1.165, 1.54) is 50.1 Å². The molecule has 0 saturated carbocycles.